The topological polar surface area (TPSA) is 85.4 Å². The van der Waals surface area contributed by atoms with E-state index < -0.39 is 9.84 Å². The van der Waals surface area contributed by atoms with Gasteiger partial charge in [0.05, 0.1) is 37.0 Å². The highest BCUT2D eigenvalue weighted by atomic mass is 32.2. The Bertz CT molecular complexity index is 1120. The molecular weight excluding hydrogens is 426 g/mol. The molecule has 0 fully saturated rings. The van der Waals surface area contributed by atoms with Crippen LogP contribution in [-0.4, -0.2) is 28.8 Å². The van der Waals surface area contributed by atoms with Crippen molar-refractivity contribution >= 4 is 15.7 Å². The SMILES string of the molecule is CC(C)Cn1c(CN(Cc2ccco2)C(=O)C(C)C)cnc1S(=O)(=O)Cc1ccccc1. The van der Waals surface area contributed by atoms with E-state index in [-0.39, 0.29) is 35.2 Å². The highest BCUT2D eigenvalue weighted by molar-refractivity contribution is 7.90. The molecule has 0 unspecified atom stereocenters. The first-order valence-corrected chi connectivity index (χ1v) is 12.4. The van der Waals surface area contributed by atoms with Gasteiger partial charge in [-0.05, 0) is 23.6 Å². The minimum absolute atomic E-state index is 0.0348. The number of amides is 1. The number of benzene rings is 1. The van der Waals surface area contributed by atoms with Gasteiger partial charge in [-0.2, -0.15) is 0 Å². The van der Waals surface area contributed by atoms with Crippen LogP contribution < -0.4 is 0 Å². The molecule has 0 atom stereocenters. The van der Waals surface area contributed by atoms with Crippen LogP contribution in [0.15, 0.2) is 64.5 Å². The maximum absolute atomic E-state index is 13.2. The molecule has 32 heavy (non-hydrogen) atoms. The Kier molecular flexibility index (Phi) is 7.56. The number of carbonyl (C=O) groups excluding carboxylic acids is 1. The standard InChI is InChI=1S/C24H31N3O4S/c1-18(2)14-27-21(15-26(23(28)19(3)4)16-22-11-8-12-31-22)13-25-24(27)32(29,30)17-20-9-6-5-7-10-20/h5-13,18-19H,14-17H2,1-4H3. The smallest absolute Gasteiger partial charge is 0.228 e. The van der Waals surface area contributed by atoms with E-state index in [1.165, 1.54) is 0 Å². The van der Waals surface area contributed by atoms with Crippen LogP contribution in [0.4, 0.5) is 0 Å². The predicted molar refractivity (Wildman–Crippen MR) is 122 cm³/mol. The largest absolute Gasteiger partial charge is 0.467 e. The van der Waals surface area contributed by atoms with Gasteiger partial charge in [-0.1, -0.05) is 58.0 Å². The molecular formula is C24H31N3O4S. The zero-order valence-electron chi connectivity index (χ0n) is 19.1. The zero-order valence-corrected chi connectivity index (χ0v) is 19.9. The highest BCUT2D eigenvalue weighted by Crippen LogP contribution is 2.21. The number of sulfone groups is 1. The van der Waals surface area contributed by atoms with Crippen molar-refractivity contribution < 1.29 is 17.6 Å². The Morgan fingerprint density at radius 1 is 1.06 bits per heavy atom. The lowest BCUT2D eigenvalue weighted by Crippen LogP contribution is -2.34. The van der Waals surface area contributed by atoms with E-state index in [0.717, 1.165) is 0 Å². The third-order valence-electron chi connectivity index (χ3n) is 5.01. The van der Waals surface area contributed by atoms with Gasteiger partial charge in [0.25, 0.3) is 0 Å². The molecule has 3 aromatic rings. The number of hydrogen-bond acceptors (Lipinski definition) is 5. The quantitative estimate of drug-likeness (QED) is 0.453. The summed E-state index contributed by atoms with van der Waals surface area (Å²) >= 11 is 0. The summed E-state index contributed by atoms with van der Waals surface area (Å²) in [6.45, 7) is 8.79. The molecule has 8 heteroatoms. The van der Waals surface area contributed by atoms with Crippen molar-refractivity contribution in [2.24, 2.45) is 11.8 Å². The number of nitrogens with zero attached hydrogens (tertiary/aromatic N) is 3. The number of aromatic nitrogens is 2. The van der Waals surface area contributed by atoms with Crippen LogP contribution in [0, 0.1) is 11.8 Å². The zero-order chi connectivity index (χ0) is 23.3. The van der Waals surface area contributed by atoms with Gasteiger partial charge in [0.2, 0.25) is 20.9 Å². The molecule has 1 amide bonds. The maximum atomic E-state index is 13.2. The molecule has 2 aromatic heterocycles. The lowest BCUT2D eigenvalue weighted by atomic mass is 10.1. The molecule has 0 saturated heterocycles. The molecule has 3 rings (SSSR count). The van der Waals surface area contributed by atoms with Crippen molar-refractivity contribution in [2.45, 2.75) is 58.2 Å². The highest BCUT2D eigenvalue weighted by Gasteiger charge is 2.27. The minimum Gasteiger partial charge on any atom is -0.467 e. The first-order chi connectivity index (χ1) is 15.2. The molecule has 0 saturated carbocycles. The molecule has 2 heterocycles. The fourth-order valence-electron chi connectivity index (χ4n) is 3.55. The Hall–Kier alpha value is -2.87. The number of hydrogen-bond donors (Lipinski definition) is 0. The lowest BCUT2D eigenvalue weighted by molar-refractivity contribution is -0.136. The maximum Gasteiger partial charge on any atom is 0.228 e. The summed E-state index contributed by atoms with van der Waals surface area (Å²) < 4.78 is 33.6. The fraction of sp³-hybridized carbons (Fsp3) is 0.417. The Balaban J connectivity index is 1.94. The van der Waals surface area contributed by atoms with Crippen LogP contribution in [0.25, 0.3) is 0 Å². The molecule has 0 aliphatic rings. The Labute approximate surface area is 190 Å². The molecule has 0 aliphatic carbocycles. The van der Waals surface area contributed by atoms with Crippen molar-refractivity contribution in [3.63, 3.8) is 0 Å². The van der Waals surface area contributed by atoms with Gasteiger partial charge in [0.15, 0.2) is 0 Å². The molecule has 0 aliphatic heterocycles. The first-order valence-electron chi connectivity index (χ1n) is 10.8. The van der Waals surface area contributed by atoms with Gasteiger partial charge in [-0.3, -0.25) is 4.79 Å². The van der Waals surface area contributed by atoms with E-state index in [0.29, 0.717) is 30.1 Å². The number of rotatable bonds is 10. The number of furan rings is 1. The van der Waals surface area contributed by atoms with Gasteiger partial charge in [-0.25, -0.2) is 13.4 Å². The fourth-order valence-corrected chi connectivity index (χ4v) is 5.05. The molecule has 0 spiro atoms. The second-order valence-corrected chi connectivity index (χ2v) is 10.6. The average molecular weight is 458 g/mol. The van der Waals surface area contributed by atoms with Crippen molar-refractivity contribution in [1.82, 2.24) is 14.5 Å². The molecule has 0 radical (unpaired) electrons. The summed E-state index contributed by atoms with van der Waals surface area (Å²) in [5.74, 6) is 0.516. The van der Waals surface area contributed by atoms with E-state index in [1.54, 1.807) is 40.1 Å². The van der Waals surface area contributed by atoms with Crippen LogP contribution >= 0.6 is 0 Å². The molecule has 0 bridgehead atoms. The second kappa shape index (κ2) is 10.2. The van der Waals surface area contributed by atoms with Gasteiger partial charge in [0.1, 0.15) is 5.76 Å². The Morgan fingerprint density at radius 3 is 2.38 bits per heavy atom. The van der Waals surface area contributed by atoms with E-state index >= 15 is 0 Å². The predicted octanol–water partition coefficient (Wildman–Crippen LogP) is 4.29. The summed E-state index contributed by atoms with van der Waals surface area (Å²) in [7, 11) is -3.66. The average Bonchev–Trinajstić information content (AvgIpc) is 3.37. The van der Waals surface area contributed by atoms with Gasteiger partial charge < -0.3 is 13.9 Å². The van der Waals surface area contributed by atoms with Crippen LogP contribution in [0.3, 0.4) is 0 Å². The van der Waals surface area contributed by atoms with E-state index in [1.807, 2.05) is 52.0 Å². The first kappa shape index (κ1) is 23.8. The van der Waals surface area contributed by atoms with E-state index in [2.05, 4.69) is 4.98 Å². The molecule has 7 nitrogen and oxygen atoms in total. The third-order valence-corrected chi connectivity index (χ3v) is 6.61. The van der Waals surface area contributed by atoms with Crippen LogP contribution in [0.5, 0.6) is 0 Å². The second-order valence-electron chi connectivity index (χ2n) is 8.71. The van der Waals surface area contributed by atoms with Gasteiger partial charge in [0, 0.05) is 12.5 Å². The molecule has 172 valence electrons. The summed E-state index contributed by atoms with van der Waals surface area (Å²) in [6.07, 6.45) is 3.15. The Morgan fingerprint density at radius 2 is 1.78 bits per heavy atom. The van der Waals surface area contributed by atoms with Crippen LogP contribution in [0.2, 0.25) is 0 Å². The van der Waals surface area contributed by atoms with Crippen molar-refractivity contribution in [2.75, 3.05) is 0 Å². The van der Waals surface area contributed by atoms with Gasteiger partial charge in [-0.15, -0.1) is 0 Å². The summed E-state index contributed by atoms with van der Waals surface area (Å²) in [5.41, 5.74) is 1.40. The molecule has 1 aromatic carbocycles. The summed E-state index contributed by atoms with van der Waals surface area (Å²) in [4.78, 5) is 18.9. The van der Waals surface area contributed by atoms with E-state index in [4.69, 9.17) is 4.42 Å². The van der Waals surface area contributed by atoms with Crippen molar-refractivity contribution in [3.05, 3.63) is 71.9 Å². The molecule has 0 N–H and O–H groups in total. The lowest BCUT2D eigenvalue weighted by Gasteiger charge is -2.25. The minimum atomic E-state index is -3.66. The monoisotopic (exact) mass is 457 g/mol. The summed E-state index contributed by atoms with van der Waals surface area (Å²) in [5, 5.41) is 0.0417. The number of imidazole rings is 1. The van der Waals surface area contributed by atoms with E-state index in [9.17, 15) is 13.2 Å². The van der Waals surface area contributed by atoms with Crippen molar-refractivity contribution in [1.29, 1.82) is 0 Å². The van der Waals surface area contributed by atoms with Crippen molar-refractivity contribution in [3.8, 4) is 0 Å². The normalized spacial score (nSPS) is 11.9. The number of carbonyl (C=O) groups is 1. The van der Waals surface area contributed by atoms with Crippen LogP contribution in [0.1, 0.15) is 44.7 Å². The van der Waals surface area contributed by atoms with Crippen LogP contribution in [-0.2, 0) is 40.0 Å². The summed E-state index contributed by atoms with van der Waals surface area (Å²) in [6, 6.07) is 12.7. The van der Waals surface area contributed by atoms with Gasteiger partial charge >= 0.3 is 0 Å². The third kappa shape index (κ3) is 5.88.